The molecule has 0 aliphatic heterocycles. The average Bonchev–Trinajstić information content (AvgIpc) is 2.97. The molecule has 3 aromatic carbocycles. The average molecular weight is 437 g/mol. The Hall–Kier alpha value is -2.79. The number of aromatic nitrogens is 1. The molecular weight excluding hydrogens is 416 g/mol. The first-order valence-corrected chi connectivity index (χ1v) is 9.98. The predicted molar refractivity (Wildman–Crippen MR) is 117 cm³/mol. The molecule has 1 aromatic heterocycles. The first-order chi connectivity index (χ1) is 13.4. The largest absolute Gasteiger partial charge is 0.507 e. The molecule has 0 saturated heterocycles. The fourth-order valence-electron chi connectivity index (χ4n) is 3.77. The number of amides is 1. The normalized spacial score (nSPS) is 11.6. The molecule has 1 heterocycles. The number of halogens is 1. The van der Waals surface area contributed by atoms with Gasteiger partial charge in [0.2, 0.25) is 5.91 Å². The number of hydrogen-bond donors (Lipinski definition) is 2. The van der Waals surface area contributed by atoms with Crippen molar-refractivity contribution in [1.82, 2.24) is 4.57 Å². The van der Waals surface area contributed by atoms with Crippen molar-refractivity contribution in [2.24, 2.45) is 5.73 Å². The van der Waals surface area contributed by atoms with E-state index in [1.165, 1.54) is 0 Å². The van der Waals surface area contributed by atoms with Gasteiger partial charge in [0.15, 0.2) is 0 Å². The molecule has 5 heteroatoms. The molecule has 4 aromatic rings. The van der Waals surface area contributed by atoms with Crippen LogP contribution in [0.5, 0.6) is 5.75 Å². The third kappa shape index (κ3) is 2.96. The molecule has 28 heavy (non-hydrogen) atoms. The summed E-state index contributed by atoms with van der Waals surface area (Å²) in [6.07, 6.45) is 0. The van der Waals surface area contributed by atoms with Gasteiger partial charge in [-0.2, -0.15) is 0 Å². The zero-order chi connectivity index (χ0) is 20.0. The number of rotatable bonds is 4. The number of carbonyl (C=O) groups excluding carboxylic acids is 1. The Balaban J connectivity index is 2.12. The van der Waals surface area contributed by atoms with Crippen LogP contribution in [0.1, 0.15) is 41.3 Å². The van der Waals surface area contributed by atoms with E-state index in [4.69, 9.17) is 5.73 Å². The molecule has 0 aliphatic rings. The van der Waals surface area contributed by atoms with Crippen LogP contribution in [0.15, 0.2) is 59.1 Å². The molecule has 0 fully saturated rings. The third-order valence-electron chi connectivity index (χ3n) is 5.21. The van der Waals surface area contributed by atoms with Crippen LogP contribution in [0.3, 0.4) is 0 Å². The van der Waals surface area contributed by atoms with Gasteiger partial charge in [0.05, 0.1) is 16.4 Å². The van der Waals surface area contributed by atoms with Crippen molar-refractivity contribution in [2.45, 2.75) is 26.3 Å². The van der Waals surface area contributed by atoms with Gasteiger partial charge in [-0.25, -0.2) is 0 Å². The first-order valence-electron chi connectivity index (χ1n) is 9.19. The van der Waals surface area contributed by atoms with E-state index in [2.05, 4.69) is 46.5 Å². The van der Waals surface area contributed by atoms with Crippen LogP contribution >= 0.6 is 15.9 Å². The number of phenolic OH excluding ortho intramolecular Hbond substituents is 1. The molecule has 4 nitrogen and oxygen atoms in total. The summed E-state index contributed by atoms with van der Waals surface area (Å²) in [5, 5.41) is 12.2. The molecule has 0 bridgehead atoms. The van der Waals surface area contributed by atoms with E-state index in [9.17, 15) is 9.90 Å². The zero-order valence-corrected chi connectivity index (χ0v) is 17.3. The zero-order valence-electron chi connectivity index (χ0n) is 15.7. The van der Waals surface area contributed by atoms with E-state index in [1.807, 2.05) is 30.3 Å². The topological polar surface area (TPSA) is 68.2 Å². The molecule has 0 saturated carbocycles. The van der Waals surface area contributed by atoms with E-state index in [0.717, 1.165) is 26.6 Å². The molecule has 0 atom stereocenters. The highest BCUT2D eigenvalue weighted by Gasteiger charge is 2.20. The highest BCUT2D eigenvalue weighted by molar-refractivity contribution is 9.10. The van der Waals surface area contributed by atoms with Gasteiger partial charge < -0.3 is 15.4 Å². The minimum absolute atomic E-state index is 0.172. The van der Waals surface area contributed by atoms with Crippen LogP contribution in [-0.2, 0) is 6.54 Å². The second-order valence-electron chi connectivity index (χ2n) is 7.33. The van der Waals surface area contributed by atoms with Crippen LogP contribution in [0, 0.1) is 0 Å². The van der Waals surface area contributed by atoms with Gasteiger partial charge in [0.25, 0.3) is 0 Å². The lowest BCUT2D eigenvalue weighted by Crippen LogP contribution is -2.11. The number of carbonyl (C=O) groups is 1. The summed E-state index contributed by atoms with van der Waals surface area (Å²) in [5.41, 5.74) is 9.99. The van der Waals surface area contributed by atoms with Crippen molar-refractivity contribution in [2.75, 3.05) is 0 Å². The summed E-state index contributed by atoms with van der Waals surface area (Å²) < 4.78 is 3.16. The number of phenols is 1. The number of primary amides is 1. The molecule has 0 unspecified atom stereocenters. The summed E-state index contributed by atoms with van der Waals surface area (Å²) in [6, 6.07) is 17.4. The van der Waals surface area contributed by atoms with Crippen LogP contribution < -0.4 is 5.73 Å². The van der Waals surface area contributed by atoms with Crippen molar-refractivity contribution >= 4 is 43.6 Å². The summed E-state index contributed by atoms with van der Waals surface area (Å²) >= 11 is 3.62. The highest BCUT2D eigenvalue weighted by atomic mass is 79.9. The fourth-order valence-corrected chi connectivity index (χ4v) is 4.18. The van der Waals surface area contributed by atoms with Crippen molar-refractivity contribution < 1.29 is 9.90 Å². The fraction of sp³-hybridized carbons (Fsp3) is 0.174. The number of nitrogens with two attached hydrogens (primary N) is 1. The van der Waals surface area contributed by atoms with Crippen LogP contribution in [-0.4, -0.2) is 15.6 Å². The van der Waals surface area contributed by atoms with Crippen molar-refractivity contribution in [3.63, 3.8) is 0 Å². The van der Waals surface area contributed by atoms with Gasteiger partial charge in [-0.3, -0.25) is 4.79 Å². The predicted octanol–water partition coefficient (Wildman–Crippen LogP) is 5.53. The molecule has 4 rings (SSSR count). The lowest BCUT2D eigenvalue weighted by Gasteiger charge is -2.12. The summed E-state index contributed by atoms with van der Waals surface area (Å²) in [6.45, 7) is 4.79. The molecule has 3 N–H and O–H groups in total. The van der Waals surface area contributed by atoms with E-state index in [0.29, 0.717) is 22.9 Å². The van der Waals surface area contributed by atoms with E-state index < -0.39 is 5.91 Å². The van der Waals surface area contributed by atoms with Crippen LogP contribution in [0.2, 0.25) is 0 Å². The van der Waals surface area contributed by atoms with Crippen LogP contribution in [0.4, 0.5) is 0 Å². The van der Waals surface area contributed by atoms with Crippen molar-refractivity contribution in [3.05, 3.63) is 75.8 Å². The molecule has 0 radical (unpaired) electrons. The maximum Gasteiger partial charge on any atom is 0.249 e. The number of nitrogens with zero attached hydrogens (tertiary/aromatic N) is 1. The van der Waals surface area contributed by atoms with E-state index in [1.54, 1.807) is 12.1 Å². The molecule has 142 valence electrons. The van der Waals surface area contributed by atoms with Gasteiger partial charge >= 0.3 is 0 Å². The Morgan fingerprint density at radius 2 is 1.82 bits per heavy atom. The second-order valence-corrected chi connectivity index (χ2v) is 8.18. The Bertz CT molecular complexity index is 1220. The number of benzene rings is 3. The standard InChI is InChI=1S/C23H21BrN2O2/c1-13(2)15-10-19-22(20(27)11-15)21-16(23(25)28)7-5-9-18(21)26(19)12-14-6-3-4-8-17(14)24/h3-11,13,27H,12H2,1-2H3,(H2,25,28). The molecular formula is C23H21BrN2O2. The quantitative estimate of drug-likeness (QED) is 0.441. The van der Waals surface area contributed by atoms with E-state index >= 15 is 0 Å². The smallest absolute Gasteiger partial charge is 0.249 e. The van der Waals surface area contributed by atoms with Crippen molar-refractivity contribution in [1.29, 1.82) is 0 Å². The summed E-state index contributed by atoms with van der Waals surface area (Å²) in [7, 11) is 0. The first kappa shape index (κ1) is 18.6. The SMILES string of the molecule is CC(C)c1cc(O)c2c3c(C(N)=O)cccc3n(Cc3ccccc3Br)c2c1. The van der Waals surface area contributed by atoms with Crippen molar-refractivity contribution in [3.8, 4) is 5.75 Å². The second kappa shape index (κ2) is 6.99. The maximum absolute atomic E-state index is 12.1. The Labute approximate surface area is 171 Å². The highest BCUT2D eigenvalue weighted by Crippen LogP contribution is 2.40. The number of fused-ring (bicyclic) bond motifs is 3. The Morgan fingerprint density at radius 1 is 1.07 bits per heavy atom. The number of aromatic hydroxyl groups is 1. The minimum atomic E-state index is -0.502. The maximum atomic E-state index is 12.1. The van der Waals surface area contributed by atoms with Gasteiger partial charge in [-0.15, -0.1) is 0 Å². The summed E-state index contributed by atoms with van der Waals surface area (Å²) in [4.78, 5) is 12.1. The molecule has 0 aliphatic carbocycles. The molecule has 1 amide bonds. The van der Waals surface area contributed by atoms with Gasteiger partial charge in [-0.05, 0) is 47.4 Å². The molecule has 0 spiro atoms. The monoisotopic (exact) mass is 436 g/mol. The van der Waals surface area contributed by atoms with Crippen LogP contribution in [0.25, 0.3) is 21.8 Å². The van der Waals surface area contributed by atoms with Gasteiger partial charge in [0, 0.05) is 22.0 Å². The lowest BCUT2D eigenvalue weighted by atomic mass is 9.99. The van der Waals surface area contributed by atoms with Gasteiger partial charge in [-0.1, -0.05) is 54.0 Å². The van der Waals surface area contributed by atoms with Gasteiger partial charge in [0.1, 0.15) is 5.75 Å². The lowest BCUT2D eigenvalue weighted by molar-refractivity contribution is 0.100. The summed E-state index contributed by atoms with van der Waals surface area (Å²) in [5.74, 6) is -0.0653. The minimum Gasteiger partial charge on any atom is -0.507 e. The Kier molecular flexibility index (Phi) is 4.63. The Morgan fingerprint density at radius 3 is 2.50 bits per heavy atom. The van der Waals surface area contributed by atoms with E-state index in [-0.39, 0.29) is 11.7 Å². The number of hydrogen-bond acceptors (Lipinski definition) is 2. The third-order valence-corrected chi connectivity index (χ3v) is 5.99.